The highest BCUT2D eigenvalue weighted by molar-refractivity contribution is 5.79. The molecule has 1 aromatic rings. The molecule has 3 fully saturated rings. The van der Waals surface area contributed by atoms with Crippen LogP contribution < -0.4 is 5.32 Å². The highest BCUT2D eigenvalue weighted by Crippen LogP contribution is 2.25. The highest BCUT2D eigenvalue weighted by atomic mass is 16.2. The second kappa shape index (κ2) is 10.2. The van der Waals surface area contributed by atoms with Crippen LogP contribution in [0.25, 0.3) is 0 Å². The largest absolute Gasteiger partial charge is 0.352 e. The van der Waals surface area contributed by atoms with Crippen molar-refractivity contribution in [1.29, 1.82) is 0 Å². The lowest BCUT2D eigenvalue weighted by Gasteiger charge is -2.43. The molecule has 7 heteroatoms. The molecule has 7 nitrogen and oxygen atoms in total. The number of urea groups is 1. The van der Waals surface area contributed by atoms with Gasteiger partial charge in [-0.3, -0.25) is 14.7 Å². The summed E-state index contributed by atoms with van der Waals surface area (Å²) in [6, 6.07) is 4.61. The molecule has 1 aromatic heterocycles. The summed E-state index contributed by atoms with van der Waals surface area (Å²) < 4.78 is 0. The third kappa shape index (κ3) is 5.31. The Morgan fingerprint density at radius 3 is 2.47 bits per heavy atom. The fourth-order valence-electron chi connectivity index (χ4n) is 5.10. The van der Waals surface area contributed by atoms with Gasteiger partial charge in [0.05, 0.1) is 5.92 Å². The molecule has 3 aliphatic heterocycles. The lowest BCUT2D eigenvalue weighted by atomic mass is 9.93. The second-order valence-electron chi connectivity index (χ2n) is 8.96. The maximum Gasteiger partial charge on any atom is 0.319 e. The Kier molecular flexibility index (Phi) is 7.20. The van der Waals surface area contributed by atoms with Gasteiger partial charge in [-0.15, -0.1) is 0 Å². The number of carbonyl (C=O) groups excluding carboxylic acids is 2. The van der Waals surface area contributed by atoms with Crippen molar-refractivity contribution in [3.05, 3.63) is 30.1 Å². The summed E-state index contributed by atoms with van der Waals surface area (Å²) in [5, 5.41) is 3.09. The number of amides is 3. The highest BCUT2D eigenvalue weighted by Gasteiger charge is 2.33. The van der Waals surface area contributed by atoms with Gasteiger partial charge in [-0.2, -0.15) is 0 Å². The van der Waals surface area contributed by atoms with E-state index in [0.717, 1.165) is 83.4 Å². The first-order valence-corrected chi connectivity index (χ1v) is 11.7. The van der Waals surface area contributed by atoms with Crippen LogP contribution in [0, 0.1) is 5.92 Å². The van der Waals surface area contributed by atoms with Gasteiger partial charge in [-0.1, -0.05) is 6.07 Å². The van der Waals surface area contributed by atoms with E-state index in [0.29, 0.717) is 12.6 Å². The molecule has 0 aromatic carbocycles. The number of carbonyl (C=O) groups is 2. The van der Waals surface area contributed by atoms with Crippen LogP contribution in [-0.2, 0) is 11.3 Å². The van der Waals surface area contributed by atoms with Crippen LogP contribution in [0.3, 0.4) is 0 Å². The van der Waals surface area contributed by atoms with Crippen LogP contribution in [0.4, 0.5) is 4.79 Å². The molecule has 3 aliphatic rings. The van der Waals surface area contributed by atoms with E-state index in [1.165, 1.54) is 6.42 Å². The molecule has 0 bridgehead atoms. The molecule has 4 heterocycles. The van der Waals surface area contributed by atoms with Crippen molar-refractivity contribution in [2.75, 3.05) is 39.3 Å². The van der Waals surface area contributed by atoms with Gasteiger partial charge in [0.1, 0.15) is 0 Å². The van der Waals surface area contributed by atoms with Gasteiger partial charge in [-0.25, -0.2) is 4.79 Å². The minimum absolute atomic E-state index is 0.0587. The number of rotatable bonds is 4. The fraction of sp³-hybridized carbons (Fsp3) is 0.696. The smallest absolute Gasteiger partial charge is 0.319 e. The average molecular weight is 414 g/mol. The number of nitrogens with zero attached hydrogens (tertiary/aromatic N) is 4. The van der Waals surface area contributed by atoms with Crippen LogP contribution in [0.15, 0.2) is 24.5 Å². The van der Waals surface area contributed by atoms with E-state index in [9.17, 15) is 9.59 Å². The number of hydrogen-bond acceptors (Lipinski definition) is 4. The molecule has 0 aliphatic carbocycles. The van der Waals surface area contributed by atoms with Crippen LogP contribution in [-0.4, -0.2) is 76.9 Å². The van der Waals surface area contributed by atoms with Gasteiger partial charge in [0.25, 0.3) is 0 Å². The van der Waals surface area contributed by atoms with Gasteiger partial charge in [0.15, 0.2) is 0 Å². The summed E-state index contributed by atoms with van der Waals surface area (Å²) in [6.45, 7) is 5.96. The first kappa shape index (κ1) is 21.1. The summed E-state index contributed by atoms with van der Waals surface area (Å²) in [7, 11) is 0. The number of nitrogens with one attached hydrogen (secondary N) is 1. The van der Waals surface area contributed by atoms with E-state index in [2.05, 4.69) is 15.2 Å². The van der Waals surface area contributed by atoms with E-state index in [-0.39, 0.29) is 17.9 Å². The zero-order valence-corrected chi connectivity index (χ0v) is 18.0. The molecule has 0 saturated carbocycles. The zero-order chi connectivity index (χ0) is 20.8. The SMILES string of the molecule is O=C(NCc1cccnc1)C1CCCN(C2CCN(C(=O)N3CCCCC3)CC2)C1. The lowest BCUT2D eigenvalue weighted by Crippen LogP contribution is -2.53. The summed E-state index contributed by atoms with van der Waals surface area (Å²) >= 11 is 0. The molecule has 1 atom stereocenters. The van der Waals surface area contributed by atoms with Crippen LogP contribution >= 0.6 is 0 Å². The van der Waals surface area contributed by atoms with Gasteiger partial charge in [0, 0.05) is 57.7 Å². The molecule has 1 N–H and O–H groups in total. The maximum atomic E-state index is 12.7. The van der Waals surface area contributed by atoms with Crippen molar-refractivity contribution in [3.63, 3.8) is 0 Å². The number of likely N-dealkylation sites (tertiary alicyclic amines) is 3. The minimum atomic E-state index is 0.0587. The number of hydrogen-bond donors (Lipinski definition) is 1. The van der Waals surface area contributed by atoms with Crippen molar-refractivity contribution in [2.45, 2.75) is 57.5 Å². The second-order valence-corrected chi connectivity index (χ2v) is 8.96. The number of aromatic nitrogens is 1. The minimum Gasteiger partial charge on any atom is -0.352 e. The summed E-state index contributed by atoms with van der Waals surface area (Å²) in [5.41, 5.74) is 1.03. The van der Waals surface area contributed by atoms with Crippen LogP contribution in [0.2, 0.25) is 0 Å². The third-order valence-electron chi connectivity index (χ3n) is 6.89. The molecular weight excluding hydrogens is 378 g/mol. The Morgan fingerprint density at radius 2 is 1.73 bits per heavy atom. The fourth-order valence-corrected chi connectivity index (χ4v) is 5.10. The molecule has 3 amide bonds. The number of piperidine rings is 3. The molecule has 164 valence electrons. The summed E-state index contributed by atoms with van der Waals surface area (Å²) in [4.78, 5) is 36.1. The molecule has 3 saturated heterocycles. The molecule has 0 radical (unpaired) electrons. The Labute approximate surface area is 179 Å². The first-order valence-electron chi connectivity index (χ1n) is 11.7. The Bertz CT molecular complexity index is 699. The van der Waals surface area contributed by atoms with E-state index >= 15 is 0 Å². The standard InChI is InChI=1S/C23H35N5O2/c29-22(25-17-19-6-4-10-24-16-19)20-7-5-13-28(18-20)21-8-14-27(15-9-21)23(30)26-11-2-1-3-12-26/h4,6,10,16,20-21H,1-3,5,7-9,11-15,17-18H2,(H,25,29). The normalized spacial score (nSPS) is 23.9. The van der Waals surface area contributed by atoms with Gasteiger partial charge >= 0.3 is 6.03 Å². The summed E-state index contributed by atoms with van der Waals surface area (Å²) in [5.74, 6) is 0.213. The van der Waals surface area contributed by atoms with E-state index in [1.807, 2.05) is 21.9 Å². The van der Waals surface area contributed by atoms with Crippen molar-refractivity contribution >= 4 is 11.9 Å². The lowest BCUT2D eigenvalue weighted by molar-refractivity contribution is -0.127. The Hall–Kier alpha value is -2.15. The van der Waals surface area contributed by atoms with Crippen molar-refractivity contribution in [2.24, 2.45) is 5.92 Å². The van der Waals surface area contributed by atoms with E-state index < -0.39 is 0 Å². The Morgan fingerprint density at radius 1 is 0.967 bits per heavy atom. The van der Waals surface area contributed by atoms with Crippen LogP contribution in [0.5, 0.6) is 0 Å². The third-order valence-corrected chi connectivity index (χ3v) is 6.89. The van der Waals surface area contributed by atoms with Gasteiger partial charge < -0.3 is 15.1 Å². The average Bonchev–Trinajstić information content (AvgIpc) is 2.83. The zero-order valence-electron chi connectivity index (χ0n) is 18.0. The summed E-state index contributed by atoms with van der Waals surface area (Å²) in [6.07, 6.45) is 11.1. The van der Waals surface area contributed by atoms with E-state index in [1.54, 1.807) is 12.4 Å². The molecule has 4 rings (SSSR count). The van der Waals surface area contributed by atoms with Crippen molar-refractivity contribution < 1.29 is 9.59 Å². The van der Waals surface area contributed by atoms with Crippen molar-refractivity contribution in [1.82, 2.24) is 25.0 Å². The van der Waals surface area contributed by atoms with Crippen LogP contribution in [0.1, 0.15) is 50.5 Å². The first-order chi connectivity index (χ1) is 14.7. The quantitative estimate of drug-likeness (QED) is 0.823. The van der Waals surface area contributed by atoms with Gasteiger partial charge in [-0.05, 0) is 63.1 Å². The monoisotopic (exact) mass is 413 g/mol. The van der Waals surface area contributed by atoms with Crippen molar-refractivity contribution in [3.8, 4) is 0 Å². The molecule has 30 heavy (non-hydrogen) atoms. The molecule has 1 unspecified atom stereocenters. The molecule has 0 spiro atoms. The topological polar surface area (TPSA) is 68.8 Å². The predicted molar refractivity (Wildman–Crippen MR) is 116 cm³/mol. The Balaban J connectivity index is 1.23. The predicted octanol–water partition coefficient (Wildman–Crippen LogP) is 2.48. The van der Waals surface area contributed by atoms with E-state index in [4.69, 9.17) is 0 Å². The number of pyridine rings is 1. The maximum absolute atomic E-state index is 12.7. The molecular formula is C23H35N5O2. The van der Waals surface area contributed by atoms with Gasteiger partial charge in [0.2, 0.25) is 5.91 Å².